The van der Waals surface area contributed by atoms with Gasteiger partial charge in [0.05, 0.1) is 0 Å². The maximum absolute atomic E-state index is 13.1. The number of amides is 1. The zero-order chi connectivity index (χ0) is 20.2. The molecule has 0 aliphatic heterocycles. The molecule has 150 valence electrons. The van der Waals surface area contributed by atoms with E-state index in [-0.39, 0.29) is 22.6 Å². The molecule has 4 fully saturated rings. The maximum atomic E-state index is 13.1. The molecular formula is C25H26FNO2. The van der Waals surface area contributed by atoms with Crippen LogP contribution < -0.4 is 5.32 Å². The van der Waals surface area contributed by atoms with E-state index in [9.17, 15) is 14.3 Å². The lowest BCUT2D eigenvalue weighted by Gasteiger charge is -2.57. The van der Waals surface area contributed by atoms with Gasteiger partial charge in [0.2, 0.25) is 0 Å². The number of nitrogens with one attached hydrogen (secondary N) is 1. The van der Waals surface area contributed by atoms with Crippen molar-refractivity contribution in [2.24, 2.45) is 17.8 Å². The molecule has 4 bridgehead atoms. The largest absolute Gasteiger partial charge is 0.507 e. The summed E-state index contributed by atoms with van der Waals surface area (Å²) >= 11 is 0. The van der Waals surface area contributed by atoms with E-state index >= 15 is 0 Å². The minimum absolute atomic E-state index is 0.0442. The van der Waals surface area contributed by atoms with Gasteiger partial charge in [0.15, 0.2) is 0 Å². The summed E-state index contributed by atoms with van der Waals surface area (Å²) in [6.07, 6.45) is 7.45. The highest BCUT2D eigenvalue weighted by molar-refractivity contribution is 6.25. The van der Waals surface area contributed by atoms with Crippen molar-refractivity contribution in [2.75, 3.05) is 5.32 Å². The van der Waals surface area contributed by atoms with Crippen LogP contribution in [0.1, 0.15) is 49.7 Å². The molecule has 1 amide bonds. The van der Waals surface area contributed by atoms with E-state index in [1.807, 2.05) is 12.1 Å². The van der Waals surface area contributed by atoms with Crippen molar-refractivity contribution in [3.8, 4) is 5.75 Å². The first-order valence-electron chi connectivity index (χ1n) is 10.5. The zero-order valence-corrected chi connectivity index (χ0v) is 16.5. The van der Waals surface area contributed by atoms with Crippen LogP contribution in [0.3, 0.4) is 0 Å². The van der Waals surface area contributed by atoms with Gasteiger partial charge in [-0.3, -0.25) is 4.79 Å². The van der Waals surface area contributed by atoms with Crippen molar-refractivity contribution < 1.29 is 14.3 Å². The van der Waals surface area contributed by atoms with Crippen LogP contribution in [0.5, 0.6) is 5.75 Å². The van der Waals surface area contributed by atoms with Gasteiger partial charge < -0.3 is 10.4 Å². The lowest BCUT2D eigenvalue weighted by atomic mass is 9.48. The highest BCUT2D eigenvalue weighted by atomic mass is 19.1. The van der Waals surface area contributed by atoms with Gasteiger partial charge >= 0.3 is 0 Å². The number of phenolic OH excluding ortho intramolecular Hbond substituents is 1. The number of hydrogen-bond acceptors (Lipinski definition) is 2. The van der Waals surface area contributed by atoms with E-state index in [1.54, 1.807) is 6.07 Å². The number of benzene rings is 2. The molecule has 4 aliphatic carbocycles. The van der Waals surface area contributed by atoms with E-state index in [2.05, 4.69) is 11.9 Å². The minimum atomic E-state index is -0.394. The number of carbonyl (C=O) groups excluding carboxylic acids is 1. The van der Waals surface area contributed by atoms with Gasteiger partial charge in [-0.1, -0.05) is 24.8 Å². The standard InChI is InChI=1S/C25H26FNO2/c1-15(24(29)27-20-7-5-19(26)6-8-20)21-3-2-4-22(23(21)28)25-12-16-9-17(13-25)11-18(10-16)14-25/h2-8,16-18,28H,1,9-14H2,(H,27,29). The van der Waals surface area contributed by atoms with Gasteiger partial charge in [-0.05, 0) is 86.0 Å². The van der Waals surface area contributed by atoms with E-state index < -0.39 is 5.91 Å². The van der Waals surface area contributed by atoms with Gasteiger partial charge in [0.25, 0.3) is 5.91 Å². The molecule has 4 heteroatoms. The number of aromatic hydroxyl groups is 1. The summed E-state index contributed by atoms with van der Waals surface area (Å²) in [5.74, 6) is 1.77. The van der Waals surface area contributed by atoms with Crippen LogP contribution in [0.15, 0.2) is 49.0 Å². The first kappa shape index (κ1) is 18.4. The molecule has 29 heavy (non-hydrogen) atoms. The number of rotatable bonds is 4. The summed E-state index contributed by atoms with van der Waals surface area (Å²) in [6.45, 7) is 3.94. The summed E-state index contributed by atoms with van der Waals surface area (Å²) in [5.41, 5.74) is 2.23. The fourth-order valence-corrected chi connectivity index (χ4v) is 6.52. The van der Waals surface area contributed by atoms with Gasteiger partial charge in [0, 0.05) is 22.4 Å². The zero-order valence-electron chi connectivity index (χ0n) is 16.5. The smallest absolute Gasteiger partial charge is 0.255 e. The maximum Gasteiger partial charge on any atom is 0.255 e. The quantitative estimate of drug-likeness (QED) is 0.662. The Morgan fingerprint density at radius 1 is 1.00 bits per heavy atom. The Morgan fingerprint density at radius 3 is 2.17 bits per heavy atom. The number of anilines is 1. The third kappa shape index (κ3) is 3.15. The average Bonchev–Trinajstić information content (AvgIpc) is 2.68. The van der Waals surface area contributed by atoms with Crippen molar-refractivity contribution in [3.05, 3.63) is 66.0 Å². The molecule has 4 aliphatic rings. The van der Waals surface area contributed by atoms with Crippen LogP contribution in [-0.2, 0) is 10.2 Å². The number of hydrogen-bond donors (Lipinski definition) is 2. The molecule has 4 saturated carbocycles. The summed E-state index contributed by atoms with van der Waals surface area (Å²) in [5, 5.41) is 13.9. The Morgan fingerprint density at radius 2 is 1.59 bits per heavy atom. The normalized spacial score (nSPS) is 29.6. The van der Waals surface area contributed by atoms with Gasteiger partial charge in [-0.25, -0.2) is 4.39 Å². The molecule has 6 rings (SSSR count). The first-order chi connectivity index (χ1) is 13.9. The molecule has 0 heterocycles. The molecule has 3 nitrogen and oxygen atoms in total. The van der Waals surface area contributed by atoms with Crippen molar-refractivity contribution in [1.82, 2.24) is 0 Å². The SMILES string of the molecule is C=C(C(=O)Nc1ccc(F)cc1)c1cccc(C23CC4CC(CC(C4)C2)C3)c1O. The molecule has 0 saturated heterocycles. The molecule has 0 radical (unpaired) electrons. The third-order valence-electron chi connectivity index (χ3n) is 7.35. The summed E-state index contributed by atoms with van der Waals surface area (Å²) in [7, 11) is 0. The lowest BCUT2D eigenvalue weighted by molar-refractivity contribution is -0.111. The Labute approximate surface area is 170 Å². The Hall–Kier alpha value is -2.62. The van der Waals surface area contributed by atoms with Gasteiger partial charge in [-0.15, -0.1) is 0 Å². The van der Waals surface area contributed by atoms with Crippen LogP contribution in [0.4, 0.5) is 10.1 Å². The summed E-state index contributed by atoms with van der Waals surface area (Å²) in [4.78, 5) is 12.7. The molecule has 0 unspecified atom stereocenters. The lowest BCUT2D eigenvalue weighted by Crippen LogP contribution is -2.48. The topological polar surface area (TPSA) is 49.3 Å². The molecule has 2 N–H and O–H groups in total. The van der Waals surface area contributed by atoms with E-state index in [4.69, 9.17) is 0 Å². The van der Waals surface area contributed by atoms with Gasteiger partial charge in [0.1, 0.15) is 11.6 Å². The Balaban J connectivity index is 1.43. The van der Waals surface area contributed by atoms with Crippen LogP contribution in [0.25, 0.3) is 5.57 Å². The van der Waals surface area contributed by atoms with Gasteiger partial charge in [-0.2, -0.15) is 0 Å². The van der Waals surface area contributed by atoms with E-state index in [0.717, 1.165) is 42.6 Å². The Bertz CT molecular complexity index is 944. The summed E-state index contributed by atoms with van der Waals surface area (Å²) in [6, 6.07) is 11.3. The molecule has 0 aromatic heterocycles. The van der Waals surface area contributed by atoms with Crippen LogP contribution in [0, 0.1) is 23.6 Å². The molecule has 2 aromatic rings. The third-order valence-corrected chi connectivity index (χ3v) is 7.35. The number of halogens is 1. The number of carbonyl (C=O) groups is 1. The molecule has 0 atom stereocenters. The fraction of sp³-hybridized carbons (Fsp3) is 0.400. The average molecular weight is 391 g/mol. The van der Waals surface area contributed by atoms with E-state index in [1.165, 1.54) is 43.5 Å². The summed E-state index contributed by atoms with van der Waals surface area (Å²) < 4.78 is 13.1. The predicted molar refractivity (Wildman–Crippen MR) is 112 cm³/mol. The second-order valence-electron chi connectivity index (χ2n) is 9.34. The van der Waals surface area contributed by atoms with Crippen LogP contribution in [-0.4, -0.2) is 11.0 Å². The molecule has 0 spiro atoms. The second kappa shape index (κ2) is 6.72. The van der Waals surface area contributed by atoms with Crippen molar-refractivity contribution in [1.29, 1.82) is 0 Å². The fourth-order valence-electron chi connectivity index (χ4n) is 6.52. The first-order valence-corrected chi connectivity index (χ1v) is 10.5. The number of phenols is 1. The van der Waals surface area contributed by atoms with Crippen LogP contribution in [0.2, 0.25) is 0 Å². The van der Waals surface area contributed by atoms with Crippen molar-refractivity contribution in [2.45, 2.75) is 43.9 Å². The van der Waals surface area contributed by atoms with E-state index in [0.29, 0.717) is 11.3 Å². The monoisotopic (exact) mass is 391 g/mol. The highest BCUT2D eigenvalue weighted by Gasteiger charge is 2.52. The van der Waals surface area contributed by atoms with Crippen LogP contribution >= 0.6 is 0 Å². The minimum Gasteiger partial charge on any atom is -0.507 e. The second-order valence-corrected chi connectivity index (χ2v) is 9.34. The Kier molecular flexibility index (Phi) is 4.27. The highest BCUT2D eigenvalue weighted by Crippen LogP contribution is 2.62. The predicted octanol–water partition coefficient (Wildman–Crippen LogP) is 5.65. The molecular weight excluding hydrogens is 365 g/mol. The molecule has 2 aromatic carbocycles. The number of para-hydroxylation sites is 1. The van der Waals surface area contributed by atoms with Crippen molar-refractivity contribution in [3.63, 3.8) is 0 Å². The van der Waals surface area contributed by atoms with Crippen molar-refractivity contribution >= 4 is 17.2 Å².